The van der Waals surface area contributed by atoms with Crippen LogP contribution in [0.5, 0.6) is 0 Å². The molecule has 1 aliphatic carbocycles. The Morgan fingerprint density at radius 3 is 2.88 bits per heavy atom. The topological polar surface area (TPSA) is 27.8 Å². The molecule has 1 aromatic heterocycles. The first-order chi connectivity index (χ1) is 7.95. The summed E-state index contributed by atoms with van der Waals surface area (Å²) in [7, 11) is 0. The maximum Gasteiger partial charge on any atom is 0.0220 e. The van der Waals surface area contributed by atoms with Gasteiger partial charge in [-0.15, -0.1) is 0 Å². The molecule has 0 aromatic carbocycles. The van der Waals surface area contributed by atoms with Crippen molar-refractivity contribution < 1.29 is 0 Å². The van der Waals surface area contributed by atoms with Crippen molar-refractivity contribution in [1.82, 2.24) is 10.3 Å². The molecule has 2 N–H and O–H groups in total. The molecule has 1 saturated carbocycles. The maximum atomic E-state index is 3.51. The minimum atomic E-state index is 1.01. The fraction of sp³-hybridized carbons (Fsp3) is 0.714. The molecule has 2 heteroatoms. The maximum absolute atomic E-state index is 3.51. The van der Waals surface area contributed by atoms with E-state index in [-0.39, 0.29) is 0 Å². The van der Waals surface area contributed by atoms with Crippen molar-refractivity contribution in [3.63, 3.8) is 0 Å². The summed E-state index contributed by atoms with van der Waals surface area (Å²) in [5, 5.41) is 3.51. The van der Waals surface area contributed by atoms with Gasteiger partial charge in [0.05, 0.1) is 0 Å². The summed E-state index contributed by atoms with van der Waals surface area (Å²) in [5.41, 5.74) is 1.36. The summed E-state index contributed by atoms with van der Waals surface area (Å²) in [6, 6.07) is 2.13. The summed E-state index contributed by atoms with van der Waals surface area (Å²) in [6.45, 7) is 2.18. The van der Waals surface area contributed by atoms with Gasteiger partial charge in [0.25, 0.3) is 0 Å². The summed E-state index contributed by atoms with van der Waals surface area (Å²) >= 11 is 0. The Hall–Kier alpha value is -0.760. The van der Waals surface area contributed by atoms with E-state index in [0.717, 1.165) is 12.5 Å². The molecule has 0 spiro atoms. The van der Waals surface area contributed by atoms with Crippen LogP contribution in [0.3, 0.4) is 0 Å². The monoisotopic (exact) mass is 220 g/mol. The van der Waals surface area contributed by atoms with E-state index >= 15 is 0 Å². The molecule has 0 saturated heterocycles. The summed E-state index contributed by atoms with van der Waals surface area (Å²) < 4.78 is 0. The molecule has 1 aliphatic rings. The van der Waals surface area contributed by atoms with Crippen LogP contribution in [0.2, 0.25) is 0 Å². The molecule has 1 aromatic rings. The van der Waals surface area contributed by atoms with Crippen LogP contribution < -0.4 is 5.32 Å². The normalized spacial score (nSPS) is 17.8. The number of aromatic amines is 1. The Labute approximate surface area is 98.8 Å². The fourth-order valence-electron chi connectivity index (χ4n) is 2.69. The lowest BCUT2D eigenvalue weighted by atomic mass is 9.86. The predicted molar refractivity (Wildman–Crippen MR) is 68.3 cm³/mol. The molecule has 90 valence electrons. The Bertz CT molecular complexity index is 260. The van der Waals surface area contributed by atoms with Crippen LogP contribution in [0, 0.1) is 5.92 Å². The van der Waals surface area contributed by atoms with Crippen LogP contribution >= 0.6 is 0 Å². The van der Waals surface area contributed by atoms with Crippen LogP contribution in [0.15, 0.2) is 18.5 Å². The molecule has 1 fully saturated rings. The molecule has 0 bridgehead atoms. The zero-order valence-corrected chi connectivity index (χ0v) is 10.2. The van der Waals surface area contributed by atoms with Gasteiger partial charge in [-0.3, -0.25) is 0 Å². The minimum Gasteiger partial charge on any atom is -0.367 e. The lowest BCUT2D eigenvalue weighted by Crippen LogP contribution is -2.16. The molecule has 0 atom stereocenters. The summed E-state index contributed by atoms with van der Waals surface area (Å²) in [5.74, 6) is 1.03. The Morgan fingerprint density at radius 1 is 1.25 bits per heavy atom. The average Bonchev–Trinajstić information content (AvgIpc) is 2.83. The molecule has 16 heavy (non-hydrogen) atoms. The minimum absolute atomic E-state index is 1.01. The Kier molecular flexibility index (Phi) is 4.94. The van der Waals surface area contributed by atoms with Gasteiger partial charge in [0, 0.05) is 18.9 Å². The van der Waals surface area contributed by atoms with E-state index in [4.69, 9.17) is 0 Å². The molecule has 2 rings (SSSR count). The standard InChI is InChI=1S/C14H24N2/c1-2-5-13(6-3-1)7-4-9-15-11-14-8-10-16-12-14/h8,10,12-13,15-16H,1-7,9,11H2. The first-order valence-corrected chi connectivity index (χ1v) is 6.77. The highest BCUT2D eigenvalue weighted by Crippen LogP contribution is 2.26. The van der Waals surface area contributed by atoms with Gasteiger partial charge >= 0.3 is 0 Å². The lowest BCUT2D eigenvalue weighted by Gasteiger charge is -2.21. The number of H-pyrrole nitrogens is 1. The van der Waals surface area contributed by atoms with Crippen molar-refractivity contribution >= 4 is 0 Å². The number of nitrogens with one attached hydrogen (secondary N) is 2. The van der Waals surface area contributed by atoms with Crippen LogP contribution in [-0.2, 0) is 6.54 Å². The van der Waals surface area contributed by atoms with E-state index in [0.29, 0.717) is 0 Å². The molecule has 2 nitrogen and oxygen atoms in total. The van der Waals surface area contributed by atoms with Crippen molar-refractivity contribution in [3.05, 3.63) is 24.0 Å². The molecule has 0 aliphatic heterocycles. The van der Waals surface area contributed by atoms with E-state index in [1.807, 2.05) is 6.20 Å². The number of aromatic nitrogens is 1. The van der Waals surface area contributed by atoms with E-state index in [1.54, 1.807) is 0 Å². The van der Waals surface area contributed by atoms with Gasteiger partial charge < -0.3 is 10.3 Å². The van der Waals surface area contributed by atoms with Crippen molar-refractivity contribution in [3.8, 4) is 0 Å². The Morgan fingerprint density at radius 2 is 2.12 bits per heavy atom. The lowest BCUT2D eigenvalue weighted by molar-refractivity contribution is 0.330. The quantitative estimate of drug-likeness (QED) is 0.706. The van der Waals surface area contributed by atoms with E-state index in [2.05, 4.69) is 22.6 Å². The van der Waals surface area contributed by atoms with Crippen LogP contribution in [0.25, 0.3) is 0 Å². The van der Waals surface area contributed by atoms with Gasteiger partial charge in [-0.05, 0) is 36.9 Å². The van der Waals surface area contributed by atoms with E-state index < -0.39 is 0 Å². The van der Waals surface area contributed by atoms with E-state index in [1.165, 1.54) is 57.1 Å². The zero-order chi connectivity index (χ0) is 11.1. The highest BCUT2D eigenvalue weighted by Gasteiger charge is 2.12. The van der Waals surface area contributed by atoms with Crippen LogP contribution in [-0.4, -0.2) is 11.5 Å². The predicted octanol–water partition coefficient (Wildman–Crippen LogP) is 3.46. The zero-order valence-electron chi connectivity index (χ0n) is 10.2. The number of rotatable bonds is 6. The second kappa shape index (κ2) is 6.74. The van der Waals surface area contributed by atoms with Crippen molar-refractivity contribution in [2.24, 2.45) is 5.92 Å². The summed E-state index contributed by atoms with van der Waals surface area (Å²) in [4.78, 5) is 3.08. The third kappa shape index (κ3) is 4.01. The van der Waals surface area contributed by atoms with Crippen LogP contribution in [0.4, 0.5) is 0 Å². The smallest absolute Gasteiger partial charge is 0.0220 e. The third-order valence-corrected chi connectivity index (χ3v) is 3.68. The summed E-state index contributed by atoms with van der Waals surface area (Å²) in [6.07, 6.45) is 14.2. The molecule has 0 unspecified atom stereocenters. The van der Waals surface area contributed by atoms with Crippen LogP contribution in [0.1, 0.15) is 50.5 Å². The van der Waals surface area contributed by atoms with Crippen molar-refractivity contribution in [2.75, 3.05) is 6.54 Å². The van der Waals surface area contributed by atoms with Gasteiger partial charge in [-0.25, -0.2) is 0 Å². The molecular formula is C14H24N2. The third-order valence-electron chi connectivity index (χ3n) is 3.68. The highest BCUT2D eigenvalue weighted by atomic mass is 14.8. The molecule has 0 radical (unpaired) electrons. The molecular weight excluding hydrogens is 196 g/mol. The average molecular weight is 220 g/mol. The van der Waals surface area contributed by atoms with Gasteiger partial charge in [-0.1, -0.05) is 32.1 Å². The molecule has 0 amide bonds. The SMILES string of the molecule is c1cc(CNCCCC2CCCCC2)c[nH]1. The van der Waals surface area contributed by atoms with Gasteiger partial charge in [-0.2, -0.15) is 0 Å². The van der Waals surface area contributed by atoms with Gasteiger partial charge in [0.1, 0.15) is 0 Å². The number of hydrogen-bond acceptors (Lipinski definition) is 1. The second-order valence-corrected chi connectivity index (χ2v) is 5.04. The highest BCUT2D eigenvalue weighted by molar-refractivity contribution is 5.07. The van der Waals surface area contributed by atoms with Crippen molar-refractivity contribution in [1.29, 1.82) is 0 Å². The first-order valence-electron chi connectivity index (χ1n) is 6.77. The van der Waals surface area contributed by atoms with Gasteiger partial charge in [0.15, 0.2) is 0 Å². The van der Waals surface area contributed by atoms with Gasteiger partial charge in [0.2, 0.25) is 0 Å². The number of hydrogen-bond donors (Lipinski definition) is 2. The Balaban J connectivity index is 1.48. The molecule has 1 heterocycles. The largest absolute Gasteiger partial charge is 0.367 e. The van der Waals surface area contributed by atoms with E-state index in [9.17, 15) is 0 Å². The second-order valence-electron chi connectivity index (χ2n) is 5.04. The van der Waals surface area contributed by atoms with Crippen molar-refractivity contribution in [2.45, 2.75) is 51.5 Å². The fourth-order valence-corrected chi connectivity index (χ4v) is 2.69. The first kappa shape index (κ1) is 11.7.